The molecule has 0 saturated carbocycles. The molecule has 6 nitrogen and oxygen atoms in total. The molecule has 2 aliphatic rings. The number of nitrogens with one attached hydrogen (secondary N) is 2. The summed E-state index contributed by atoms with van der Waals surface area (Å²) in [5.74, 6) is 0. The Labute approximate surface area is 143 Å². The first-order chi connectivity index (χ1) is 11.8. The van der Waals surface area contributed by atoms with Crippen LogP contribution >= 0.6 is 0 Å². The van der Waals surface area contributed by atoms with Crippen molar-refractivity contribution in [3.63, 3.8) is 0 Å². The Morgan fingerprint density at radius 2 is 1.92 bits per heavy atom. The molecule has 2 aliphatic heterocycles. The number of benzene rings is 1. The molecule has 24 heavy (non-hydrogen) atoms. The maximum Gasteiger partial charge on any atom is 0.315 e. The summed E-state index contributed by atoms with van der Waals surface area (Å²) in [7, 11) is 0. The van der Waals surface area contributed by atoms with Crippen LogP contribution in [0.3, 0.4) is 0 Å². The van der Waals surface area contributed by atoms with Gasteiger partial charge in [0.25, 0.3) is 0 Å². The number of urea groups is 1. The predicted octanol–water partition coefficient (Wildman–Crippen LogP) is 1.50. The van der Waals surface area contributed by atoms with Crippen LogP contribution < -0.4 is 10.6 Å². The molecule has 1 unspecified atom stereocenters. The van der Waals surface area contributed by atoms with E-state index >= 15 is 0 Å². The zero-order valence-electron chi connectivity index (χ0n) is 14.1. The van der Waals surface area contributed by atoms with Crippen LogP contribution in [0.25, 0.3) is 0 Å². The molecule has 3 rings (SSSR count). The molecule has 0 spiro atoms. The van der Waals surface area contributed by atoms with Gasteiger partial charge in [-0.15, -0.1) is 0 Å². The summed E-state index contributed by atoms with van der Waals surface area (Å²) in [5, 5.41) is 5.85. The molecule has 2 heterocycles. The van der Waals surface area contributed by atoms with E-state index in [9.17, 15) is 4.79 Å². The lowest BCUT2D eigenvalue weighted by Gasteiger charge is -2.27. The van der Waals surface area contributed by atoms with Crippen LogP contribution in [0.4, 0.5) is 4.79 Å². The maximum absolute atomic E-state index is 12.0. The average molecular weight is 333 g/mol. The maximum atomic E-state index is 12.0. The summed E-state index contributed by atoms with van der Waals surface area (Å²) >= 11 is 0. The monoisotopic (exact) mass is 333 g/mol. The fourth-order valence-corrected chi connectivity index (χ4v) is 3.13. The van der Waals surface area contributed by atoms with Crippen LogP contribution in [0.2, 0.25) is 0 Å². The Morgan fingerprint density at radius 1 is 1.12 bits per heavy atom. The molecule has 6 heteroatoms. The second-order valence-electron chi connectivity index (χ2n) is 6.36. The van der Waals surface area contributed by atoms with Crippen LogP contribution in [0, 0.1) is 0 Å². The van der Waals surface area contributed by atoms with Crippen molar-refractivity contribution in [2.75, 3.05) is 39.5 Å². The molecule has 2 amide bonds. The van der Waals surface area contributed by atoms with Crippen molar-refractivity contribution in [3.05, 3.63) is 35.4 Å². The normalized spacial score (nSPS) is 21.6. The first-order valence-electron chi connectivity index (χ1n) is 8.81. The Bertz CT molecular complexity index is 526. The molecule has 2 N–H and O–H groups in total. The van der Waals surface area contributed by atoms with Crippen LogP contribution in [0.1, 0.15) is 24.0 Å². The van der Waals surface area contributed by atoms with Gasteiger partial charge in [0.15, 0.2) is 0 Å². The van der Waals surface area contributed by atoms with Crippen molar-refractivity contribution >= 4 is 6.03 Å². The first-order valence-corrected chi connectivity index (χ1v) is 8.81. The number of nitrogens with zero attached hydrogens (tertiary/aromatic N) is 1. The lowest BCUT2D eigenvalue weighted by atomic mass is 10.1. The van der Waals surface area contributed by atoms with Gasteiger partial charge in [-0.2, -0.15) is 0 Å². The largest absolute Gasteiger partial charge is 0.379 e. The molecule has 0 aromatic heterocycles. The van der Waals surface area contributed by atoms with Crippen molar-refractivity contribution in [3.8, 4) is 0 Å². The fourth-order valence-electron chi connectivity index (χ4n) is 3.13. The highest BCUT2D eigenvalue weighted by atomic mass is 16.5. The topological polar surface area (TPSA) is 62.8 Å². The third kappa shape index (κ3) is 5.19. The molecule has 1 atom stereocenters. The summed E-state index contributed by atoms with van der Waals surface area (Å²) in [6.45, 7) is 6.35. The molecular formula is C18H27N3O3. The van der Waals surface area contributed by atoms with Crippen molar-refractivity contribution < 1.29 is 14.3 Å². The highest BCUT2D eigenvalue weighted by Crippen LogP contribution is 2.13. The van der Waals surface area contributed by atoms with Gasteiger partial charge in [-0.05, 0) is 24.0 Å². The lowest BCUT2D eigenvalue weighted by molar-refractivity contribution is 0.0341. The van der Waals surface area contributed by atoms with E-state index in [1.165, 1.54) is 5.56 Å². The Morgan fingerprint density at radius 3 is 2.67 bits per heavy atom. The van der Waals surface area contributed by atoms with Crippen molar-refractivity contribution in [2.45, 2.75) is 32.0 Å². The van der Waals surface area contributed by atoms with Crippen molar-refractivity contribution in [2.24, 2.45) is 0 Å². The van der Waals surface area contributed by atoms with E-state index in [4.69, 9.17) is 9.47 Å². The Hall–Kier alpha value is -1.63. The second kappa shape index (κ2) is 9.01. The summed E-state index contributed by atoms with van der Waals surface area (Å²) < 4.78 is 10.9. The van der Waals surface area contributed by atoms with E-state index < -0.39 is 0 Å². The summed E-state index contributed by atoms with van der Waals surface area (Å²) in [6.07, 6.45) is 2.29. The number of ether oxygens (including phenoxy) is 2. The quantitative estimate of drug-likeness (QED) is 0.828. The van der Waals surface area contributed by atoms with E-state index in [1.807, 2.05) is 6.07 Å². The van der Waals surface area contributed by atoms with E-state index in [0.29, 0.717) is 13.1 Å². The van der Waals surface area contributed by atoms with Gasteiger partial charge in [-0.25, -0.2) is 4.79 Å². The van der Waals surface area contributed by atoms with Crippen molar-refractivity contribution in [1.82, 2.24) is 15.5 Å². The average Bonchev–Trinajstić information content (AvgIpc) is 3.14. The van der Waals surface area contributed by atoms with Crippen LogP contribution in [0.5, 0.6) is 0 Å². The number of carbonyl (C=O) groups is 1. The first kappa shape index (κ1) is 17.2. The van der Waals surface area contributed by atoms with Crippen LogP contribution in [-0.4, -0.2) is 56.5 Å². The number of hydrogen-bond acceptors (Lipinski definition) is 4. The van der Waals surface area contributed by atoms with E-state index in [0.717, 1.165) is 57.9 Å². The van der Waals surface area contributed by atoms with Gasteiger partial charge in [-0.1, -0.05) is 24.3 Å². The van der Waals surface area contributed by atoms with Gasteiger partial charge in [0.1, 0.15) is 0 Å². The van der Waals surface area contributed by atoms with Gasteiger partial charge in [0, 0.05) is 39.3 Å². The number of rotatable bonds is 6. The third-order valence-corrected chi connectivity index (χ3v) is 4.57. The SMILES string of the molecule is O=C(NCc1ccccc1CN1CCOCC1)NCC1CCCO1. The van der Waals surface area contributed by atoms with Gasteiger partial charge in [-0.3, -0.25) is 4.90 Å². The number of hydrogen-bond donors (Lipinski definition) is 2. The van der Waals surface area contributed by atoms with Gasteiger partial charge < -0.3 is 20.1 Å². The van der Waals surface area contributed by atoms with Crippen LogP contribution in [0.15, 0.2) is 24.3 Å². The minimum Gasteiger partial charge on any atom is -0.379 e. The summed E-state index contributed by atoms with van der Waals surface area (Å²) in [4.78, 5) is 14.4. The summed E-state index contributed by atoms with van der Waals surface area (Å²) in [5.41, 5.74) is 2.43. The fraction of sp³-hybridized carbons (Fsp3) is 0.611. The third-order valence-electron chi connectivity index (χ3n) is 4.57. The van der Waals surface area contributed by atoms with E-state index in [2.05, 4.69) is 33.7 Å². The number of morpholine rings is 1. The molecule has 2 fully saturated rings. The summed E-state index contributed by atoms with van der Waals surface area (Å²) in [6, 6.07) is 8.15. The van der Waals surface area contributed by atoms with Gasteiger partial charge in [0.2, 0.25) is 0 Å². The predicted molar refractivity (Wildman–Crippen MR) is 91.8 cm³/mol. The van der Waals surface area contributed by atoms with Crippen LogP contribution in [-0.2, 0) is 22.6 Å². The molecule has 0 radical (unpaired) electrons. The zero-order chi connectivity index (χ0) is 16.6. The molecular weight excluding hydrogens is 306 g/mol. The number of carbonyl (C=O) groups excluding carboxylic acids is 1. The van der Waals surface area contributed by atoms with Gasteiger partial charge in [0.05, 0.1) is 19.3 Å². The molecule has 0 aliphatic carbocycles. The zero-order valence-corrected chi connectivity index (χ0v) is 14.1. The van der Waals surface area contributed by atoms with E-state index in [-0.39, 0.29) is 12.1 Å². The highest BCUT2D eigenvalue weighted by Gasteiger charge is 2.16. The molecule has 1 aromatic carbocycles. The standard InChI is InChI=1S/C18H27N3O3/c22-18(20-13-17-6-3-9-24-17)19-12-15-4-1-2-5-16(15)14-21-7-10-23-11-8-21/h1-2,4-5,17H,3,6-14H2,(H2,19,20,22). The second-order valence-corrected chi connectivity index (χ2v) is 6.36. The molecule has 0 bridgehead atoms. The van der Waals surface area contributed by atoms with E-state index in [1.54, 1.807) is 0 Å². The lowest BCUT2D eigenvalue weighted by Crippen LogP contribution is -2.39. The minimum absolute atomic E-state index is 0.133. The molecule has 1 aromatic rings. The molecule has 2 saturated heterocycles. The minimum atomic E-state index is -0.133. The Kier molecular flexibility index (Phi) is 6.46. The molecule has 132 valence electrons. The number of amides is 2. The smallest absolute Gasteiger partial charge is 0.315 e. The highest BCUT2D eigenvalue weighted by molar-refractivity contribution is 5.73. The van der Waals surface area contributed by atoms with Gasteiger partial charge >= 0.3 is 6.03 Å². The van der Waals surface area contributed by atoms with Crippen molar-refractivity contribution in [1.29, 1.82) is 0 Å². The Balaban J connectivity index is 1.46.